The molecule has 2 amide bonds. The van der Waals surface area contributed by atoms with Crippen molar-refractivity contribution in [2.45, 2.75) is 30.2 Å². The zero-order chi connectivity index (χ0) is 15.7. The van der Waals surface area contributed by atoms with E-state index < -0.39 is 30.2 Å². The zero-order valence-corrected chi connectivity index (χ0v) is 12.3. The lowest BCUT2D eigenvalue weighted by Gasteiger charge is -2.12. The van der Waals surface area contributed by atoms with E-state index in [1.54, 1.807) is 11.8 Å². The van der Waals surface area contributed by atoms with Gasteiger partial charge < -0.3 is 16.2 Å². The summed E-state index contributed by atoms with van der Waals surface area (Å²) < 4.78 is 0. The lowest BCUT2D eigenvalue weighted by molar-refractivity contribution is -0.143. The van der Waals surface area contributed by atoms with E-state index in [0.29, 0.717) is 6.42 Å². The molecule has 0 fully saturated rings. The Balaban J connectivity index is 2.26. The summed E-state index contributed by atoms with van der Waals surface area (Å²) in [7, 11) is 0. The highest BCUT2D eigenvalue weighted by molar-refractivity contribution is 7.99. The number of carboxylic acid groups (broad SMARTS) is 1. The monoisotopic (exact) mass is 310 g/mol. The molecule has 1 aromatic rings. The van der Waals surface area contributed by atoms with Crippen molar-refractivity contribution in [1.82, 2.24) is 5.32 Å². The van der Waals surface area contributed by atoms with Crippen molar-refractivity contribution in [3.63, 3.8) is 0 Å². The summed E-state index contributed by atoms with van der Waals surface area (Å²) in [5, 5.41) is 11.2. The zero-order valence-electron chi connectivity index (χ0n) is 11.5. The summed E-state index contributed by atoms with van der Waals surface area (Å²) in [4.78, 5) is 34.3. The van der Waals surface area contributed by atoms with Gasteiger partial charge in [-0.1, -0.05) is 18.2 Å². The molecule has 0 spiro atoms. The molecule has 0 aromatic heterocycles. The molecule has 0 aliphatic carbocycles. The topological polar surface area (TPSA) is 109 Å². The van der Waals surface area contributed by atoms with Crippen LogP contribution in [-0.4, -0.2) is 34.7 Å². The number of primary amides is 1. The Bertz CT molecular complexity index is 493. The van der Waals surface area contributed by atoms with Crippen LogP contribution in [0.2, 0.25) is 0 Å². The lowest BCUT2D eigenvalue weighted by atomic mass is 10.2. The number of hydrogen-bond donors (Lipinski definition) is 3. The average Bonchev–Trinajstić information content (AvgIpc) is 2.43. The van der Waals surface area contributed by atoms with Gasteiger partial charge in [0, 0.05) is 11.3 Å². The molecular weight excluding hydrogens is 292 g/mol. The average molecular weight is 310 g/mol. The van der Waals surface area contributed by atoms with Crippen molar-refractivity contribution >= 4 is 29.5 Å². The summed E-state index contributed by atoms with van der Waals surface area (Å²) >= 11 is 1.63. The minimum atomic E-state index is -1.26. The van der Waals surface area contributed by atoms with E-state index in [9.17, 15) is 14.4 Å². The van der Waals surface area contributed by atoms with Crippen LogP contribution in [0.3, 0.4) is 0 Å². The van der Waals surface area contributed by atoms with E-state index in [0.717, 1.165) is 10.6 Å². The van der Waals surface area contributed by atoms with Crippen LogP contribution in [0, 0.1) is 0 Å². The second-order valence-electron chi connectivity index (χ2n) is 4.39. The van der Waals surface area contributed by atoms with Gasteiger partial charge in [0.2, 0.25) is 11.8 Å². The second kappa shape index (κ2) is 9.02. The predicted octanol–water partition coefficient (Wildman–Crippen LogP) is 1.00. The van der Waals surface area contributed by atoms with Crippen LogP contribution in [0.5, 0.6) is 0 Å². The van der Waals surface area contributed by atoms with Crippen LogP contribution in [-0.2, 0) is 14.4 Å². The van der Waals surface area contributed by atoms with Gasteiger partial charge >= 0.3 is 5.97 Å². The first-order valence-electron chi connectivity index (χ1n) is 6.47. The Kier molecular flexibility index (Phi) is 7.31. The van der Waals surface area contributed by atoms with Gasteiger partial charge in [-0.05, 0) is 24.3 Å². The molecule has 0 saturated heterocycles. The molecule has 4 N–H and O–H groups in total. The smallest absolute Gasteiger partial charge is 0.326 e. The van der Waals surface area contributed by atoms with Crippen LogP contribution in [0.4, 0.5) is 0 Å². The van der Waals surface area contributed by atoms with E-state index in [4.69, 9.17) is 10.8 Å². The van der Waals surface area contributed by atoms with Gasteiger partial charge in [0.1, 0.15) is 6.04 Å². The van der Waals surface area contributed by atoms with Crippen molar-refractivity contribution in [1.29, 1.82) is 0 Å². The quantitative estimate of drug-likeness (QED) is 0.466. The van der Waals surface area contributed by atoms with E-state index in [2.05, 4.69) is 5.32 Å². The molecular formula is C14H18N2O4S. The Hall–Kier alpha value is -2.02. The van der Waals surface area contributed by atoms with Crippen LogP contribution in [0.1, 0.15) is 19.3 Å². The largest absolute Gasteiger partial charge is 0.480 e. The van der Waals surface area contributed by atoms with E-state index in [-0.39, 0.29) is 6.42 Å². The van der Waals surface area contributed by atoms with Gasteiger partial charge in [-0.2, -0.15) is 0 Å². The second-order valence-corrected chi connectivity index (χ2v) is 5.56. The summed E-state index contributed by atoms with van der Waals surface area (Å²) in [6.07, 6.45) is 0.427. The van der Waals surface area contributed by atoms with Crippen molar-refractivity contribution in [2.75, 3.05) is 5.75 Å². The van der Waals surface area contributed by atoms with E-state index in [1.807, 2.05) is 30.3 Å². The highest BCUT2D eigenvalue weighted by atomic mass is 32.2. The summed E-state index contributed by atoms with van der Waals surface area (Å²) in [6.45, 7) is 0. The highest BCUT2D eigenvalue weighted by Crippen LogP contribution is 2.18. The molecule has 0 heterocycles. The molecule has 1 rings (SSSR count). The number of nitrogens with two attached hydrogens (primary N) is 1. The maximum atomic E-state index is 11.6. The number of hydrogen-bond acceptors (Lipinski definition) is 4. The molecule has 0 aliphatic heterocycles. The Morgan fingerprint density at radius 3 is 2.48 bits per heavy atom. The van der Waals surface area contributed by atoms with Gasteiger partial charge in [-0.25, -0.2) is 4.79 Å². The molecule has 6 nitrogen and oxygen atoms in total. The lowest BCUT2D eigenvalue weighted by Crippen LogP contribution is -2.43. The number of nitrogens with one attached hydrogen (secondary N) is 1. The van der Waals surface area contributed by atoms with Crippen molar-refractivity contribution in [2.24, 2.45) is 5.73 Å². The SMILES string of the molecule is NC(=O)C[C@@H](NC(=O)CCCSc1ccccc1)C(=O)O. The third-order valence-electron chi connectivity index (χ3n) is 2.60. The van der Waals surface area contributed by atoms with Crippen molar-refractivity contribution in [3.8, 4) is 0 Å². The van der Waals surface area contributed by atoms with Gasteiger partial charge in [0.15, 0.2) is 0 Å². The van der Waals surface area contributed by atoms with Crippen molar-refractivity contribution < 1.29 is 19.5 Å². The third-order valence-corrected chi connectivity index (χ3v) is 3.70. The number of benzene rings is 1. The van der Waals surface area contributed by atoms with Crippen LogP contribution in [0.25, 0.3) is 0 Å². The molecule has 1 aromatic carbocycles. The van der Waals surface area contributed by atoms with Crippen LogP contribution in [0.15, 0.2) is 35.2 Å². The van der Waals surface area contributed by atoms with Gasteiger partial charge in [0.25, 0.3) is 0 Å². The minimum Gasteiger partial charge on any atom is -0.480 e. The number of carbonyl (C=O) groups excluding carboxylic acids is 2. The Morgan fingerprint density at radius 1 is 1.24 bits per heavy atom. The molecule has 114 valence electrons. The molecule has 0 bridgehead atoms. The third kappa shape index (κ3) is 7.36. The first kappa shape index (κ1) is 17.0. The Morgan fingerprint density at radius 2 is 1.90 bits per heavy atom. The standard InChI is InChI=1S/C14H18N2O4S/c15-12(17)9-11(14(19)20)16-13(18)7-4-8-21-10-5-2-1-3-6-10/h1-3,5-6,11H,4,7-9H2,(H2,15,17)(H,16,18)(H,19,20)/t11-/m1/s1. The molecule has 21 heavy (non-hydrogen) atoms. The molecule has 7 heteroatoms. The number of aliphatic carboxylic acids is 1. The van der Waals surface area contributed by atoms with E-state index >= 15 is 0 Å². The molecule has 0 saturated carbocycles. The number of thioether (sulfide) groups is 1. The minimum absolute atomic E-state index is 0.211. The van der Waals surface area contributed by atoms with Gasteiger partial charge in [-0.3, -0.25) is 9.59 Å². The van der Waals surface area contributed by atoms with Crippen LogP contribution >= 0.6 is 11.8 Å². The van der Waals surface area contributed by atoms with Crippen molar-refractivity contribution in [3.05, 3.63) is 30.3 Å². The molecule has 0 aliphatic rings. The fraction of sp³-hybridized carbons (Fsp3) is 0.357. The summed E-state index contributed by atoms with van der Waals surface area (Å²) in [6, 6.07) is 8.53. The first-order chi connectivity index (χ1) is 9.99. The Labute approximate surface area is 127 Å². The van der Waals surface area contributed by atoms with Gasteiger partial charge in [0.05, 0.1) is 6.42 Å². The normalized spacial score (nSPS) is 11.6. The number of carbonyl (C=O) groups is 3. The maximum Gasteiger partial charge on any atom is 0.326 e. The number of rotatable bonds is 9. The fourth-order valence-electron chi connectivity index (χ4n) is 1.61. The predicted molar refractivity (Wildman–Crippen MR) is 79.8 cm³/mol. The number of amides is 2. The summed E-state index contributed by atoms with van der Waals surface area (Å²) in [5.41, 5.74) is 4.94. The van der Waals surface area contributed by atoms with Gasteiger partial charge in [-0.15, -0.1) is 11.8 Å². The van der Waals surface area contributed by atoms with E-state index in [1.165, 1.54) is 0 Å². The molecule has 0 radical (unpaired) electrons. The molecule has 1 atom stereocenters. The highest BCUT2D eigenvalue weighted by Gasteiger charge is 2.21. The first-order valence-corrected chi connectivity index (χ1v) is 7.46. The summed E-state index contributed by atoms with van der Waals surface area (Å²) in [5.74, 6) is -1.66. The van der Waals surface area contributed by atoms with Crippen LogP contribution < -0.4 is 11.1 Å². The fourth-order valence-corrected chi connectivity index (χ4v) is 2.48. The number of carboxylic acids is 1. The molecule has 0 unspecified atom stereocenters. The maximum absolute atomic E-state index is 11.6.